The van der Waals surface area contributed by atoms with Gasteiger partial charge in [0.1, 0.15) is 5.92 Å². The molecule has 0 spiro atoms. The summed E-state index contributed by atoms with van der Waals surface area (Å²) >= 11 is 0. The van der Waals surface area contributed by atoms with Gasteiger partial charge in [-0.25, -0.2) is 0 Å². The van der Waals surface area contributed by atoms with Crippen LogP contribution in [0.2, 0.25) is 0 Å². The molecule has 6 nitrogen and oxygen atoms in total. The highest BCUT2D eigenvalue weighted by atomic mass is 16.4. The molecule has 0 radical (unpaired) electrons. The second-order valence-corrected chi connectivity index (χ2v) is 7.04. The third kappa shape index (κ3) is 4.22. The topological polar surface area (TPSA) is 82.0 Å². The number of anilines is 1. The van der Waals surface area contributed by atoms with Crippen molar-refractivity contribution in [2.75, 3.05) is 11.6 Å². The van der Waals surface area contributed by atoms with Gasteiger partial charge < -0.3 is 10.4 Å². The predicted octanol–water partition coefficient (Wildman–Crippen LogP) is 3.54. The second-order valence-electron chi connectivity index (χ2n) is 7.04. The number of carboxylic acids is 1. The molecule has 0 aliphatic carbocycles. The number of nitrogens with zero attached hydrogens (tertiary/aromatic N) is 2. The molecule has 1 unspecified atom stereocenters. The van der Waals surface area contributed by atoms with Gasteiger partial charge in [-0.3, -0.25) is 14.6 Å². The van der Waals surface area contributed by atoms with Gasteiger partial charge in [0.2, 0.25) is 0 Å². The number of aliphatic carboxylic acids is 1. The van der Waals surface area contributed by atoms with Crippen molar-refractivity contribution in [1.82, 2.24) is 5.32 Å². The van der Waals surface area contributed by atoms with E-state index in [1.807, 2.05) is 60.7 Å². The van der Waals surface area contributed by atoms with Crippen LogP contribution in [0.15, 0.2) is 90.0 Å². The molecule has 1 amide bonds. The molecule has 3 aromatic rings. The van der Waals surface area contributed by atoms with Crippen LogP contribution < -0.4 is 10.3 Å². The number of rotatable bonds is 6. The van der Waals surface area contributed by atoms with Gasteiger partial charge in [0.05, 0.1) is 17.9 Å². The highest BCUT2D eigenvalue weighted by Crippen LogP contribution is 2.26. The molecule has 2 N–H and O–H groups in total. The number of carbonyl (C=O) groups is 2. The first-order valence-electron chi connectivity index (χ1n) is 9.68. The van der Waals surface area contributed by atoms with Gasteiger partial charge in [-0.05, 0) is 35.4 Å². The van der Waals surface area contributed by atoms with E-state index in [1.54, 1.807) is 29.3 Å². The van der Waals surface area contributed by atoms with Gasteiger partial charge in [0, 0.05) is 12.1 Å². The molecule has 4 rings (SSSR count). The van der Waals surface area contributed by atoms with Gasteiger partial charge >= 0.3 is 5.97 Å². The number of hydrogen-bond donors (Lipinski definition) is 2. The van der Waals surface area contributed by atoms with E-state index in [9.17, 15) is 14.7 Å². The molecule has 1 heterocycles. The lowest BCUT2D eigenvalue weighted by molar-refractivity contribution is -0.138. The zero-order chi connectivity index (χ0) is 20.9. The fourth-order valence-electron chi connectivity index (χ4n) is 3.39. The molecule has 1 atom stereocenters. The minimum absolute atomic E-state index is 0.163. The largest absolute Gasteiger partial charge is 0.481 e. The number of carboxylic acid groups (broad SMARTS) is 1. The van der Waals surface area contributed by atoms with E-state index in [2.05, 4.69) is 10.4 Å². The Morgan fingerprint density at radius 1 is 0.933 bits per heavy atom. The van der Waals surface area contributed by atoms with Crippen molar-refractivity contribution in [3.05, 3.63) is 102 Å². The molecule has 0 saturated heterocycles. The van der Waals surface area contributed by atoms with E-state index in [-0.39, 0.29) is 12.5 Å². The number of benzene rings is 3. The first-order chi connectivity index (χ1) is 14.6. The normalized spacial score (nSPS) is 15.5. The molecule has 0 saturated carbocycles. The number of hydrazone groups is 1. The average Bonchev–Trinajstić information content (AvgIpc) is 3.25. The third-order valence-corrected chi connectivity index (χ3v) is 5.01. The number of nitrogens with one attached hydrogen (secondary N) is 1. The molecule has 6 heteroatoms. The van der Waals surface area contributed by atoms with Crippen LogP contribution in [-0.2, 0) is 11.3 Å². The molecule has 1 aliphatic rings. The Kier molecular flexibility index (Phi) is 5.57. The van der Waals surface area contributed by atoms with Crippen molar-refractivity contribution in [1.29, 1.82) is 0 Å². The summed E-state index contributed by atoms with van der Waals surface area (Å²) in [6.07, 6.45) is 0. The van der Waals surface area contributed by atoms with E-state index < -0.39 is 11.9 Å². The third-order valence-electron chi connectivity index (χ3n) is 5.01. The van der Waals surface area contributed by atoms with Gasteiger partial charge in [0.15, 0.2) is 0 Å². The lowest BCUT2D eigenvalue weighted by atomic mass is 9.98. The molecular formula is C24H21N3O3. The minimum atomic E-state index is -0.906. The maximum atomic E-state index is 12.4. The lowest BCUT2D eigenvalue weighted by Crippen LogP contribution is -2.27. The van der Waals surface area contributed by atoms with E-state index in [0.717, 1.165) is 16.8 Å². The summed E-state index contributed by atoms with van der Waals surface area (Å²) in [5.41, 5.74) is 3.64. The van der Waals surface area contributed by atoms with Crippen molar-refractivity contribution in [3.63, 3.8) is 0 Å². The fourth-order valence-corrected chi connectivity index (χ4v) is 3.39. The maximum absolute atomic E-state index is 12.4. The fraction of sp³-hybridized carbons (Fsp3) is 0.125. The Morgan fingerprint density at radius 3 is 2.20 bits per heavy atom. The van der Waals surface area contributed by atoms with Crippen LogP contribution in [0.25, 0.3) is 0 Å². The van der Waals surface area contributed by atoms with Crippen LogP contribution in [0.4, 0.5) is 5.69 Å². The quantitative estimate of drug-likeness (QED) is 0.664. The number of hydrogen-bond acceptors (Lipinski definition) is 4. The van der Waals surface area contributed by atoms with E-state index >= 15 is 0 Å². The molecule has 0 aromatic heterocycles. The standard InChI is InChI=1S/C24H21N3O3/c28-23(25-15-17-7-3-1-4-8-17)19-11-13-20(14-12-19)27-16-21(24(29)30)22(26-27)18-9-5-2-6-10-18/h1-14,21H,15-16H2,(H,25,28)(H,29,30). The molecule has 150 valence electrons. The summed E-state index contributed by atoms with van der Waals surface area (Å²) in [6, 6.07) is 26.1. The number of carbonyl (C=O) groups excluding carboxylic acids is 1. The molecular weight excluding hydrogens is 378 g/mol. The van der Waals surface area contributed by atoms with Crippen molar-refractivity contribution < 1.29 is 14.7 Å². The van der Waals surface area contributed by atoms with Gasteiger partial charge in [-0.2, -0.15) is 5.10 Å². The van der Waals surface area contributed by atoms with Crippen molar-refractivity contribution in [2.24, 2.45) is 11.0 Å². The van der Waals surface area contributed by atoms with E-state index in [1.165, 1.54) is 0 Å². The highest BCUT2D eigenvalue weighted by molar-refractivity contribution is 6.13. The number of amides is 1. The van der Waals surface area contributed by atoms with E-state index in [4.69, 9.17) is 0 Å². The Morgan fingerprint density at radius 2 is 1.57 bits per heavy atom. The molecule has 0 fully saturated rings. The maximum Gasteiger partial charge on any atom is 0.314 e. The van der Waals surface area contributed by atoms with Gasteiger partial charge in [0.25, 0.3) is 5.91 Å². The van der Waals surface area contributed by atoms with Crippen molar-refractivity contribution >= 4 is 23.3 Å². The Balaban J connectivity index is 1.47. The average molecular weight is 399 g/mol. The lowest BCUT2D eigenvalue weighted by Gasteiger charge is -2.15. The summed E-state index contributed by atoms with van der Waals surface area (Å²) in [5.74, 6) is -1.78. The summed E-state index contributed by atoms with van der Waals surface area (Å²) in [4.78, 5) is 24.1. The summed E-state index contributed by atoms with van der Waals surface area (Å²) < 4.78 is 0. The van der Waals surface area contributed by atoms with Crippen LogP contribution in [0.5, 0.6) is 0 Å². The minimum Gasteiger partial charge on any atom is -0.481 e. The Labute approximate surface area is 174 Å². The highest BCUT2D eigenvalue weighted by Gasteiger charge is 2.34. The monoisotopic (exact) mass is 399 g/mol. The van der Waals surface area contributed by atoms with Gasteiger partial charge in [-0.15, -0.1) is 0 Å². The van der Waals surface area contributed by atoms with Crippen LogP contribution in [0.3, 0.4) is 0 Å². The first-order valence-corrected chi connectivity index (χ1v) is 9.68. The van der Waals surface area contributed by atoms with Crippen LogP contribution in [0, 0.1) is 5.92 Å². The second kappa shape index (κ2) is 8.61. The van der Waals surface area contributed by atoms with Crippen LogP contribution >= 0.6 is 0 Å². The molecule has 3 aromatic carbocycles. The van der Waals surface area contributed by atoms with Crippen molar-refractivity contribution in [2.45, 2.75) is 6.54 Å². The van der Waals surface area contributed by atoms with Gasteiger partial charge in [-0.1, -0.05) is 60.7 Å². The van der Waals surface area contributed by atoms with Crippen LogP contribution in [0.1, 0.15) is 21.5 Å². The zero-order valence-electron chi connectivity index (χ0n) is 16.2. The molecule has 1 aliphatic heterocycles. The Hall–Kier alpha value is -3.93. The zero-order valence-corrected chi connectivity index (χ0v) is 16.2. The smallest absolute Gasteiger partial charge is 0.314 e. The SMILES string of the molecule is O=C(NCc1ccccc1)c1ccc(N2CC(C(=O)O)C(c3ccccc3)=N2)cc1. The van der Waals surface area contributed by atoms with Crippen molar-refractivity contribution in [3.8, 4) is 0 Å². The molecule has 30 heavy (non-hydrogen) atoms. The van der Waals surface area contributed by atoms with Crippen LogP contribution in [-0.4, -0.2) is 29.2 Å². The molecule has 0 bridgehead atoms. The Bertz CT molecular complexity index is 1060. The summed E-state index contributed by atoms with van der Waals surface area (Å²) in [6.45, 7) is 0.706. The summed E-state index contributed by atoms with van der Waals surface area (Å²) in [7, 11) is 0. The van der Waals surface area contributed by atoms with E-state index in [0.29, 0.717) is 17.8 Å². The predicted molar refractivity (Wildman–Crippen MR) is 116 cm³/mol. The first kappa shape index (κ1) is 19.4. The summed E-state index contributed by atoms with van der Waals surface area (Å²) in [5, 5.41) is 18.7.